The van der Waals surface area contributed by atoms with E-state index in [1.54, 1.807) is 12.1 Å². The second kappa shape index (κ2) is 6.89. The number of aryl methyl sites for hydroxylation is 1. The Hall–Kier alpha value is -1.35. The van der Waals surface area contributed by atoms with Crippen molar-refractivity contribution in [1.82, 2.24) is 5.32 Å². The molecule has 1 unspecified atom stereocenters. The Morgan fingerprint density at radius 2 is 1.75 bits per heavy atom. The van der Waals surface area contributed by atoms with Crippen LogP contribution in [0.2, 0.25) is 5.02 Å². The Morgan fingerprint density at radius 1 is 1.10 bits per heavy atom. The summed E-state index contributed by atoms with van der Waals surface area (Å²) in [5, 5.41) is 14.2. The van der Waals surface area contributed by atoms with Gasteiger partial charge in [0.05, 0.1) is 6.10 Å². The molecule has 0 bridgehead atoms. The molecule has 2 rings (SSSR count). The highest BCUT2D eigenvalue weighted by Crippen LogP contribution is 2.19. The zero-order valence-electron chi connectivity index (χ0n) is 11.8. The number of benzene rings is 2. The zero-order chi connectivity index (χ0) is 14.5. The van der Waals surface area contributed by atoms with E-state index in [4.69, 9.17) is 11.6 Å². The molecule has 2 aromatic carbocycles. The fourth-order valence-electron chi connectivity index (χ4n) is 2.27. The lowest BCUT2D eigenvalue weighted by Gasteiger charge is -2.19. The third-order valence-electron chi connectivity index (χ3n) is 3.53. The maximum absolute atomic E-state index is 10.2. The van der Waals surface area contributed by atoms with E-state index in [2.05, 4.69) is 31.3 Å². The fourth-order valence-corrected chi connectivity index (χ4v) is 2.40. The molecule has 2 N–H and O–H groups in total. The molecule has 106 valence electrons. The zero-order valence-corrected chi connectivity index (χ0v) is 12.6. The molecule has 2 atom stereocenters. The molecule has 0 heterocycles. The highest BCUT2D eigenvalue weighted by Gasteiger charge is 2.11. The van der Waals surface area contributed by atoms with E-state index >= 15 is 0 Å². The van der Waals surface area contributed by atoms with Crippen LogP contribution in [-0.4, -0.2) is 11.7 Å². The molecule has 0 amide bonds. The lowest BCUT2D eigenvalue weighted by atomic mass is 10.0. The quantitative estimate of drug-likeness (QED) is 0.871. The van der Waals surface area contributed by atoms with E-state index in [9.17, 15) is 5.11 Å². The normalized spacial score (nSPS) is 14.0. The van der Waals surface area contributed by atoms with Crippen molar-refractivity contribution < 1.29 is 5.11 Å². The summed E-state index contributed by atoms with van der Waals surface area (Å²) in [5.74, 6) is 0. The van der Waals surface area contributed by atoms with Crippen molar-refractivity contribution in [2.45, 2.75) is 26.0 Å². The molecule has 0 saturated carbocycles. The fraction of sp³-hybridized carbons (Fsp3) is 0.294. The van der Waals surface area contributed by atoms with Gasteiger partial charge in [-0.2, -0.15) is 0 Å². The van der Waals surface area contributed by atoms with Crippen LogP contribution < -0.4 is 5.32 Å². The molecule has 0 saturated heterocycles. The Balaban J connectivity index is 1.95. The van der Waals surface area contributed by atoms with Crippen LogP contribution in [-0.2, 0) is 0 Å². The highest BCUT2D eigenvalue weighted by atomic mass is 35.5. The largest absolute Gasteiger partial charge is 0.387 e. The van der Waals surface area contributed by atoms with Gasteiger partial charge in [-0.15, -0.1) is 0 Å². The van der Waals surface area contributed by atoms with Gasteiger partial charge in [0.15, 0.2) is 0 Å². The van der Waals surface area contributed by atoms with Crippen LogP contribution in [0.3, 0.4) is 0 Å². The molecule has 0 spiro atoms. The summed E-state index contributed by atoms with van der Waals surface area (Å²) in [5.41, 5.74) is 3.39. The summed E-state index contributed by atoms with van der Waals surface area (Å²) < 4.78 is 0. The summed E-state index contributed by atoms with van der Waals surface area (Å²) in [6.07, 6.45) is -0.529. The minimum Gasteiger partial charge on any atom is -0.387 e. The van der Waals surface area contributed by atoms with Crippen LogP contribution in [0.15, 0.2) is 48.5 Å². The SMILES string of the molecule is Cc1ccccc1[C@H](C)NCC(O)c1ccc(Cl)cc1. The van der Waals surface area contributed by atoms with Gasteiger partial charge in [-0.1, -0.05) is 48.0 Å². The first-order valence-corrected chi connectivity index (χ1v) is 7.18. The van der Waals surface area contributed by atoms with Crippen LogP contribution >= 0.6 is 11.6 Å². The second-order valence-electron chi connectivity index (χ2n) is 5.05. The van der Waals surface area contributed by atoms with Crippen molar-refractivity contribution in [3.05, 3.63) is 70.2 Å². The first-order chi connectivity index (χ1) is 9.58. The topological polar surface area (TPSA) is 32.3 Å². The van der Waals surface area contributed by atoms with Gasteiger partial charge in [0.2, 0.25) is 0 Å². The van der Waals surface area contributed by atoms with Gasteiger partial charge in [0.25, 0.3) is 0 Å². The third-order valence-corrected chi connectivity index (χ3v) is 3.78. The molecule has 0 aliphatic rings. The van der Waals surface area contributed by atoms with Gasteiger partial charge >= 0.3 is 0 Å². The first-order valence-electron chi connectivity index (χ1n) is 6.80. The van der Waals surface area contributed by atoms with E-state index in [-0.39, 0.29) is 6.04 Å². The Bertz CT molecular complexity index is 553. The summed E-state index contributed by atoms with van der Waals surface area (Å²) in [6.45, 7) is 4.72. The number of aliphatic hydroxyl groups excluding tert-OH is 1. The molecule has 0 fully saturated rings. The Morgan fingerprint density at radius 3 is 2.40 bits per heavy atom. The van der Waals surface area contributed by atoms with Gasteiger partial charge in [0, 0.05) is 17.6 Å². The number of aliphatic hydroxyl groups is 1. The van der Waals surface area contributed by atoms with Crippen molar-refractivity contribution >= 4 is 11.6 Å². The maximum Gasteiger partial charge on any atom is 0.0914 e. The molecule has 0 radical (unpaired) electrons. The minimum absolute atomic E-state index is 0.207. The maximum atomic E-state index is 10.2. The van der Waals surface area contributed by atoms with E-state index in [1.807, 2.05) is 24.3 Å². The standard InChI is InChI=1S/C17H20ClNO/c1-12-5-3-4-6-16(12)13(2)19-11-17(20)14-7-9-15(18)10-8-14/h3-10,13,17,19-20H,11H2,1-2H3/t13-,17?/m0/s1. The number of hydrogen-bond donors (Lipinski definition) is 2. The van der Waals surface area contributed by atoms with Crippen LogP contribution in [0, 0.1) is 6.92 Å². The molecule has 2 aromatic rings. The van der Waals surface area contributed by atoms with Gasteiger partial charge in [0.1, 0.15) is 0 Å². The second-order valence-corrected chi connectivity index (χ2v) is 5.49. The predicted molar refractivity (Wildman–Crippen MR) is 84.0 cm³/mol. The minimum atomic E-state index is -0.529. The summed E-state index contributed by atoms with van der Waals surface area (Å²) >= 11 is 5.84. The van der Waals surface area contributed by atoms with Crippen LogP contribution in [0.25, 0.3) is 0 Å². The molecular weight excluding hydrogens is 270 g/mol. The molecular formula is C17H20ClNO. The number of rotatable bonds is 5. The number of nitrogens with one attached hydrogen (secondary N) is 1. The van der Waals surface area contributed by atoms with Crippen molar-refractivity contribution in [2.75, 3.05) is 6.54 Å². The van der Waals surface area contributed by atoms with Gasteiger partial charge in [-0.25, -0.2) is 0 Å². The van der Waals surface area contributed by atoms with E-state index < -0.39 is 6.10 Å². The highest BCUT2D eigenvalue weighted by molar-refractivity contribution is 6.30. The average molecular weight is 290 g/mol. The number of hydrogen-bond acceptors (Lipinski definition) is 2. The lowest BCUT2D eigenvalue weighted by molar-refractivity contribution is 0.171. The molecule has 2 nitrogen and oxygen atoms in total. The Labute approximate surface area is 125 Å². The molecule has 3 heteroatoms. The van der Waals surface area contributed by atoms with Crippen LogP contribution in [0.1, 0.15) is 35.8 Å². The van der Waals surface area contributed by atoms with Crippen molar-refractivity contribution in [3.8, 4) is 0 Å². The Kier molecular flexibility index (Phi) is 5.18. The summed E-state index contributed by atoms with van der Waals surface area (Å²) in [7, 11) is 0. The first kappa shape index (κ1) is 15.0. The third kappa shape index (κ3) is 3.83. The average Bonchev–Trinajstić information content (AvgIpc) is 2.45. The summed E-state index contributed by atoms with van der Waals surface area (Å²) in [4.78, 5) is 0. The van der Waals surface area contributed by atoms with Crippen LogP contribution in [0.5, 0.6) is 0 Å². The van der Waals surface area contributed by atoms with Gasteiger partial charge in [-0.05, 0) is 42.7 Å². The van der Waals surface area contributed by atoms with Gasteiger partial charge in [-0.3, -0.25) is 0 Å². The predicted octanol–water partition coefficient (Wildman–Crippen LogP) is 4.03. The summed E-state index contributed by atoms with van der Waals surface area (Å²) in [6, 6.07) is 15.8. The monoisotopic (exact) mass is 289 g/mol. The number of halogens is 1. The molecule has 0 aliphatic heterocycles. The molecule has 20 heavy (non-hydrogen) atoms. The molecule has 0 aromatic heterocycles. The van der Waals surface area contributed by atoms with Crippen LogP contribution in [0.4, 0.5) is 0 Å². The lowest BCUT2D eigenvalue weighted by Crippen LogP contribution is -2.25. The van der Waals surface area contributed by atoms with Crippen molar-refractivity contribution in [3.63, 3.8) is 0 Å². The smallest absolute Gasteiger partial charge is 0.0914 e. The van der Waals surface area contributed by atoms with Crippen molar-refractivity contribution in [1.29, 1.82) is 0 Å². The van der Waals surface area contributed by atoms with E-state index in [0.717, 1.165) is 5.56 Å². The van der Waals surface area contributed by atoms with E-state index in [1.165, 1.54) is 11.1 Å². The van der Waals surface area contributed by atoms with E-state index in [0.29, 0.717) is 11.6 Å². The van der Waals surface area contributed by atoms with Crippen molar-refractivity contribution in [2.24, 2.45) is 0 Å². The molecule has 0 aliphatic carbocycles. The van der Waals surface area contributed by atoms with Gasteiger partial charge < -0.3 is 10.4 Å².